The molecule has 6 aromatic rings. The summed E-state index contributed by atoms with van der Waals surface area (Å²) in [6.07, 6.45) is 2.78. The number of carboxylic acids is 1. The molecule has 3 N–H and O–H groups in total. The Hall–Kier alpha value is -5.35. The zero-order valence-corrected chi connectivity index (χ0v) is 26.4. The van der Waals surface area contributed by atoms with Gasteiger partial charge in [-0.1, -0.05) is 60.7 Å². The lowest BCUT2D eigenvalue weighted by Crippen LogP contribution is -2.53. The van der Waals surface area contributed by atoms with Crippen LogP contribution in [0.1, 0.15) is 59.4 Å². The Labute approximate surface area is 272 Å². The summed E-state index contributed by atoms with van der Waals surface area (Å²) < 4.78 is 17.3. The molecular formula is C37H30FN3O5S. The molecule has 2 amide bonds. The highest BCUT2D eigenvalue weighted by Gasteiger charge is 2.41. The molecule has 236 valence electrons. The number of hydrogen-bond donors (Lipinski definition) is 3. The maximum absolute atomic E-state index is 14.6. The van der Waals surface area contributed by atoms with Crippen LogP contribution < -0.4 is 16.1 Å². The molecule has 3 heterocycles. The molecule has 0 fully saturated rings. The standard InChI is InChI=1S/C37H30FN3O5S/c1-20-14-15-22-16-23(38)17-26-32(22)41(20)18-27(33(26)42)34(43)39-31(28-19-47-30-13-6-5-11-25(28)30)35(44)40-37(2,36(45)46)29-12-7-9-21-8-3-4-10-24(21)29/h3-13,16-20,31H,14-15H2,1-2H3,(H,39,43)(H,40,44)(H,45,46)/t20?,31-,37+/m0/s1. The first-order valence-electron chi connectivity index (χ1n) is 15.2. The van der Waals surface area contributed by atoms with Crippen molar-refractivity contribution in [1.29, 1.82) is 0 Å². The summed E-state index contributed by atoms with van der Waals surface area (Å²) in [5, 5.41) is 20.0. The molecule has 1 unspecified atom stereocenters. The predicted molar refractivity (Wildman–Crippen MR) is 180 cm³/mol. The summed E-state index contributed by atoms with van der Waals surface area (Å²) in [5.41, 5.74) is -0.661. The van der Waals surface area contributed by atoms with E-state index in [2.05, 4.69) is 10.6 Å². The van der Waals surface area contributed by atoms with E-state index in [1.54, 1.807) is 35.7 Å². The molecule has 1 aliphatic heterocycles. The van der Waals surface area contributed by atoms with Crippen molar-refractivity contribution in [2.75, 3.05) is 0 Å². The van der Waals surface area contributed by atoms with Crippen molar-refractivity contribution in [3.05, 3.63) is 129 Å². The van der Waals surface area contributed by atoms with E-state index in [4.69, 9.17) is 0 Å². The van der Waals surface area contributed by atoms with Gasteiger partial charge in [-0.15, -0.1) is 11.3 Å². The number of fused-ring (bicyclic) bond motifs is 2. The maximum Gasteiger partial charge on any atom is 0.333 e. The van der Waals surface area contributed by atoms with E-state index >= 15 is 0 Å². The Morgan fingerprint density at radius 2 is 1.72 bits per heavy atom. The summed E-state index contributed by atoms with van der Waals surface area (Å²) in [6, 6.07) is 21.0. The zero-order chi connectivity index (χ0) is 33.0. The molecule has 2 aromatic heterocycles. The van der Waals surface area contributed by atoms with Crippen molar-refractivity contribution in [2.24, 2.45) is 0 Å². The van der Waals surface area contributed by atoms with E-state index in [1.165, 1.54) is 30.5 Å². The van der Waals surface area contributed by atoms with Crippen molar-refractivity contribution < 1.29 is 23.9 Å². The SMILES string of the molecule is CC1CCc2cc(F)cc3c(=O)c(C(=O)N[C@H](C(=O)N[C@@](C)(C(=O)O)c4cccc5ccccc45)c4csc5ccccc45)cn1c23. The number of aromatic nitrogens is 1. The third kappa shape index (κ3) is 5.05. The number of amides is 2. The maximum atomic E-state index is 14.6. The first-order chi connectivity index (χ1) is 22.6. The highest BCUT2D eigenvalue weighted by Crippen LogP contribution is 2.34. The lowest BCUT2D eigenvalue weighted by Gasteiger charge is -2.30. The van der Waals surface area contributed by atoms with Crippen LogP contribution in [-0.4, -0.2) is 27.5 Å². The number of aliphatic carboxylic acids is 1. The van der Waals surface area contributed by atoms with Gasteiger partial charge in [-0.3, -0.25) is 14.4 Å². The molecule has 10 heteroatoms. The molecule has 0 saturated heterocycles. The van der Waals surface area contributed by atoms with Gasteiger partial charge in [0.25, 0.3) is 5.91 Å². The van der Waals surface area contributed by atoms with Crippen LogP contribution in [0.3, 0.4) is 0 Å². The van der Waals surface area contributed by atoms with Crippen LogP contribution in [-0.2, 0) is 21.5 Å². The molecule has 1 aliphatic rings. The average Bonchev–Trinajstić information content (AvgIpc) is 3.49. The van der Waals surface area contributed by atoms with Gasteiger partial charge in [0, 0.05) is 27.9 Å². The number of halogens is 1. The number of nitrogens with one attached hydrogen (secondary N) is 2. The fourth-order valence-corrected chi connectivity index (χ4v) is 7.66. The van der Waals surface area contributed by atoms with Crippen molar-refractivity contribution in [3.8, 4) is 0 Å². The van der Waals surface area contributed by atoms with Gasteiger partial charge in [0.15, 0.2) is 5.54 Å². The lowest BCUT2D eigenvalue weighted by molar-refractivity contribution is -0.147. The molecule has 0 aliphatic carbocycles. The van der Waals surface area contributed by atoms with Gasteiger partial charge in [-0.05, 0) is 77.6 Å². The van der Waals surface area contributed by atoms with Gasteiger partial charge in [0.2, 0.25) is 11.3 Å². The fraction of sp³-hybridized carbons (Fsp3) is 0.189. The van der Waals surface area contributed by atoms with E-state index in [0.717, 1.165) is 16.2 Å². The molecule has 0 saturated carbocycles. The molecule has 0 spiro atoms. The third-order valence-corrected chi connectivity index (χ3v) is 10.2. The van der Waals surface area contributed by atoms with Crippen LogP contribution in [0.25, 0.3) is 31.8 Å². The van der Waals surface area contributed by atoms with Crippen molar-refractivity contribution in [1.82, 2.24) is 15.2 Å². The van der Waals surface area contributed by atoms with Crippen LogP contribution in [0, 0.1) is 5.82 Å². The van der Waals surface area contributed by atoms with Gasteiger partial charge < -0.3 is 20.3 Å². The highest BCUT2D eigenvalue weighted by atomic mass is 32.1. The summed E-state index contributed by atoms with van der Waals surface area (Å²) in [5.74, 6) is -3.46. The van der Waals surface area contributed by atoms with Crippen LogP contribution in [0.4, 0.5) is 4.39 Å². The smallest absolute Gasteiger partial charge is 0.333 e. The summed E-state index contributed by atoms with van der Waals surface area (Å²) in [7, 11) is 0. The minimum absolute atomic E-state index is 0.0560. The minimum atomic E-state index is -1.89. The molecule has 47 heavy (non-hydrogen) atoms. The number of rotatable bonds is 7. The number of thiophene rings is 1. The van der Waals surface area contributed by atoms with E-state index in [1.807, 2.05) is 47.9 Å². The number of benzene rings is 4. The van der Waals surface area contributed by atoms with Gasteiger partial charge in [-0.2, -0.15) is 0 Å². The van der Waals surface area contributed by atoms with E-state index in [9.17, 15) is 28.7 Å². The second-order valence-electron chi connectivity index (χ2n) is 12.2. The molecule has 3 atom stereocenters. The normalized spacial score (nSPS) is 16.1. The number of carbonyl (C=O) groups excluding carboxylic acids is 2. The van der Waals surface area contributed by atoms with Gasteiger partial charge in [-0.25, -0.2) is 9.18 Å². The molecule has 0 radical (unpaired) electrons. The van der Waals surface area contributed by atoms with Crippen molar-refractivity contribution >= 4 is 60.9 Å². The van der Waals surface area contributed by atoms with Crippen LogP contribution in [0.5, 0.6) is 0 Å². The predicted octanol–water partition coefficient (Wildman–Crippen LogP) is 6.60. The van der Waals surface area contributed by atoms with Crippen molar-refractivity contribution in [2.45, 2.75) is 44.3 Å². The first kappa shape index (κ1) is 30.3. The average molecular weight is 648 g/mol. The van der Waals surface area contributed by atoms with Crippen LogP contribution in [0.15, 0.2) is 95.2 Å². The summed E-state index contributed by atoms with van der Waals surface area (Å²) in [6.45, 7) is 3.37. The Bertz CT molecular complexity index is 2320. The lowest BCUT2D eigenvalue weighted by atomic mass is 9.87. The Kier molecular flexibility index (Phi) is 7.40. The molecule has 8 nitrogen and oxygen atoms in total. The number of carboxylic acid groups (broad SMARTS) is 1. The Balaban J connectivity index is 1.33. The van der Waals surface area contributed by atoms with Gasteiger partial charge in [0.05, 0.1) is 5.52 Å². The second kappa shape index (κ2) is 11.5. The summed E-state index contributed by atoms with van der Waals surface area (Å²) >= 11 is 1.37. The quantitative estimate of drug-likeness (QED) is 0.181. The topological polar surface area (TPSA) is 118 Å². The zero-order valence-electron chi connectivity index (χ0n) is 25.5. The van der Waals surface area contributed by atoms with Gasteiger partial charge >= 0.3 is 5.97 Å². The van der Waals surface area contributed by atoms with E-state index in [-0.39, 0.29) is 17.0 Å². The molecular weight excluding hydrogens is 617 g/mol. The summed E-state index contributed by atoms with van der Waals surface area (Å²) in [4.78, 5) is 55.0. The largest absolute Gasteiger partial charge is 0.479 e. The van der Waals surface area contributed by atoms with Gasteiger partial charge in [0.1, 0.15) is 17.4 Å². The number of hydrogen-bond acceptors (Lipinski definition) is 5. The Morgan fingerprint density at radius 3 is 2.51 bits per heavy atom. The number of nitrogens with zero attached hydrogens (tertiary/aromatic N) is 1. The third-order valence-electron chi connectivity index (χ3n) is 9.21. The highest BCUT2D eigenvalue weighted by molar-refractivity contribution is 7.17. The number of carbonyl (C=O) groups is 3. The van der Waals surface area contributed by atoms with Crippen LogP contribution in [0.2, 0.25) is 0 Å². The molecule has 0 bridgehead atoms. The molecule has 4 aromatic carbocycles. The first-order valence-corrected chi connectivity index (χ1v) is 16.1. The second-order valence-corrected chi connectivity index (χ2v) is 13.1. The number of pyridine rings is 1. The van der Waals surface area contributed by atoms with E-state index < -0.39 is 40.6 Å². The number of aryl methyl sites for hydroxylation is 1. The van der Waals surface area contributed by atoms with Crippen molar-refractivity contribution in [3.63, 3.8) is 0 Å². The Morgan fingerprint density at radius 1 is 1.00 bits per heavy atom. The van der Waals surface area contributed by atoms with E-state index in [0.29, 0.717) is 45.8 Å². The monoisotopic (exact) mass is 647 g/mol. The minimum Gasteiger partial charge on any atom is -0.479 e. The fourth-order valence-electron chi connectivity index (χ4n) is 6.68. The molecule has 7 rings (SSSR count). The van der Waals surface area contributed by atoms with Crippen LogP contribution >= 0.6 is 11.3 Å².